The average Bonchev–Trinajstić information content (AvgIpc) is 2.91. The van der Waals surface area contributed by atoms with Gasteiger partial charge in [-0.15, -0.1) is 0 Å². The number of rotatable bonds is 2. The van der Waals surface area contributed by atoms with Crippen molar-refractivity contribution in [2.75, 3.05) is 5.32 Å². The van der Waals surface area contributed by atoms with Crippen LogP contribution in [-0.2, 0) is 13.1 Å². The number of anilines is 1. The van der Waals surface area contributed by atoms with Crippen molar-refractivity contribution < 1.29 is 9.18 Å². The normalized spacial score (nSPS) is 12.9. The van der Waals surface area contributed by atoms with Crippen LogP contribution in [0.4, 0.5) is 10.1 Å². The monoisotopic (exact) mass is 322 g/mol. The maximum atomic E-state index is 13.3. The first-order chi connectivity index (χ1) is 11.7. The Morgan fingerprint density at radius 1 is 1.21 bits per heavy atom. The van der Waals surface area contributed by atoms with Crippen molar-refractivity contribution in [3.05, 3.63) is 71.4 Å². The number of fused-ring (bicyclic) bond motifs is 3. The first kappa shape index (κ1) is 14.6. The van der Waals surface area contributed by atoms with Gasteiger partial charge in [-0.2, -0.15) is 0 Å². The minimum absolute atomic E-state index is 0.295. The lowest BCUT2D eigenvalue weighted by Gasteiger charge is -2.08. The molecule has 3 N–H and O–H groups in total. The van der Waals surface area contributed by atoms with Gasteiger partial charge >= 0.3 is 0 Å². The smallest absolute Gasteiger partial charge is 0.257 e. The summed E-state index contributed by atoms with van der Waals surface area (Å²) in [7, 11) is 0. The molecular formula is C18H15FN4O. The van der Waals surface area contributed by atoms with Crippen molar-refractivity contribution in [2.45, 2.75) is 13.1 Å². The summed E-state index contributed by atoms with van der Waals surface area (Å²) in [4.78, 5) is 20.3. The van der Waals surface area contributed by atoms with Gasteiger partial charge in [-0.3, -0.25) is 9.78 Å². The number of H-pyrrole nitrogens is 1. The lowest BCUT2D eigenvalue weighted by molar-refractivity contribution is 0.102. The molecule has 0 saturated carbocycles. The lowest BCUT2D eigenvalue weighted by Crippen LogP contribution is -2.12. The largest absolute Gasteiger partial charge is 0.363 e. The third kappa shape index (κ3) is 2.57. The number of benzene rings is 1. The van der Waals surface area contributed by atoms with Gasteiger partial charge in [0.25, 0.3) is 5.91 Å². The highest BCUT2D eigenvalue weighted by Crippen LogP contribution is 2.31. The molecule has 0 bridgehead atoms. The highest BCUT2D eigenvalue weighted by molar-refractivity contribution is 6.09. The molecule has 0 atom stereocenters. The van der Waals surface area contributed by atoms with E-state index in [2.05, 4.69) is 20.6 Å². The minimum Gasteiger partial charge on any atom is -0.363 e. The van der Waals surface area contributed by atoms with E-state index in [9.17, 15) is 9.18 Å². The molecule has 0 aliphatic carbocycles. The maximum Gasteiger partial charge on any atom is 0.257 e. The SMILES string of the molecule is O=C(Nc1cccc(F)c1)c1c[nH]c2c1-c1ncccc1CNC2. The van der Waals surface area contributed by atoms with Crippen LogP contribution in [0.5, 0.6) is 0 Å². The number of pyridine rings is 1. The van der Waals surface area contributed by atoms with Gasteiger partial charge in [0, 0.05) is 42.4 Å². The Morgan fingerprint density at radius 2 is 2.12 bits per heavy atom. The molecular weight excluding hydrogens is 307 g/mol. The van der Waals surface area contributed by atoms with Crippen molar-refractivity contribution in [2.24, 2.45) is 0 Å². The molecule has 3 heterocycles. The molecule has 1 amide bonds. The van der Waals surface area contributed by atoms with Gasteiger partial charge in [0.1, 0.15) is 5.82 Å². The third-order valence-electron chi connectivity index (χ3n) is 4.03. The molecule has 1 aliphatic rings. The second kappa shape index (κ2) is 5.90. The third-order valence-corrected chi connectivity index (χ3v) is 4.03. The summed E-state index contributed by atoms with van der Waals surface area (Å²) in [5, 5.41) is 6.06. The fourth-order valence-electron chi connectivity index (χ4n) is 2.95. The van der Waals surface area contributed by atoms with Crippen LogP contribution in [-0.4, -0.2) is 15.9 Å². The Kier molecular flexibility index (Phi) is 3.59. The molecule has 0 unspecified atom stereocenters. The maximum absolute atomic E-state index is 13.3. The molecule has 4 rings (SSSR count). The van der Waals surface area contributed by atoms with Crippen LogP contribution < -0.4 is 10.6 Å². The zero-order chi connectivity index (χ0) is 16.5. The fraction of sp³-hybridized carbons (Fsp3) is 0.111. The summed E-state index contributed by atoms with van der Waals surface area (Å²) < 4.78 is 13.3. The number of nitrogens with zero attached hydrogens (tertiary/aromatic N) is 1. The van der Waals surface area contributed by atoms with E-state index in [-0.39, 0.29) is 5.91 Å². The van der Waals surface area contributed by atoms with Crippen LogP contribution >= 0.6 is 0 Å². The van der Waals surface area contributed by atoms with Crippen LogP contribution in [0.3, 0.4) is 0 Å². The summed E-state index contributed by atoms with van der Waals surface area (Å²) >= 11 is 0. The van der Waals surface area contributed by atoms with Crippen LogP contribution in [0.1, 0.15) is 21.6 Å². The molecule has 0 saturated heterocycles. The number of nitrogens with one attached hydrogen (secondary N) is 3. The number of aromatic nitrogens is 2. The quantitative estimate of drug-likeness (QED) is 0.679. The Morgan fingerprint density at radius 3 is 3.00 bits per heavy atom. The number of hydrogen-bond donors (Lipinski definition) is 3. The molecule has 6 heteroatoms. The zero-order valence-electron chi connectivity index (χ0n) is 12.8. The Balaban J connectivity index is 1.74. The van der Waals surface area contributed by atoms with Crippen molar-refractivity contribution in [1.29, 1.82) is 0 Å². The van der Waals surface area contributed by atoms with E-state index in [4.69, 9.17) is 0 Å². The van der Waals surface area contributed by atoms with Gasteiger partial charge in [-0.25, -0.2) is 4.39 Å². The number of halogens is 1. The van der Waals surface area contributed by atoms with E-state index in [1.165, 1.54) is 12.1 Å². The predicted octanol–water partition coefficient (Wildman–Crippen LogP) is 3.07. The molecule has 1 aliphatic heterocycles. The van der Waals surface area contributed by atoms with Crippen molar-refractivity contribution >= 4 is 11.6 Å². The van der Waals surface area contributed by atoms with Gasteiger partial charge in [0.15, 0.2) is 0 Å². The van der Waals surface area contributed by atoms with E-state index >= 15 is 0 Å². The molecule has 0 radical (unpaired) electrons. The van der Waals surface area contributed by atoms with Gasteiger partial charge in [0.05, 0.1) is 11.3 Å². The Hall–Kier alpha value is -2.99. The summed E-state index contributed by atoms with van der Waals surface area (Å²) in [5.74, 6) is -0.687. The second-order valence-electron chi connectivity index (χ2n) is 5.64. The van der Waals surface area contributed by atoms with Crippen molar-refractivity contribution in [1.82, 2.24) is 15.3 Å². The fourth-order valence-corrected chi connectivity index (χ4v) is 2.95. The summed E-state index contributed by atoms with van der Waals surface area (Å²) in [6, 6.07) is 9.71. The van der Waals surface area contributed by atoms with Crippen LogP contribution in [0.15, 0.2) is 48.8 Å². The highest BCUT2D eigenvalue weighted by atomic mass is 19.1. The number of amides is 1. The van der Waals surface area contributed by atoms with E-state index in [1.807, 2.05) is 12.1 Å². The van der Waals surface area contributed by atoms with Gasteiger partial charge in [-0.05, 0) is 29.8 Å². The number of hydrogen-bond acceptors (Lipinski definition) is 3. The van der Waals surface area contributed by atoms with Crippen molar-refractivity contribution in [3.8, 4) is 11.3 Å². The predicted molar refractivity (Wildman–Crippen MR) is 88.9 cm³/mol. The molecule has 2 aromatic heterocycles. The van der Waals surface area contributed by atoms with Crippen LogP contribution in [0, 0.1) is 5.82 Å². The van der Waals surface area contributed by atoms with E-state index in [0.717, 1.165) is 22.5 Å². The molecule has 5 nitrogen and oxygen atoms in total. The van der Waals surface area contributed by atoms with Gasteiger partial charge < -0.3 is 15.6 Å². The first-order valence-corrected chi connectivity index (χ1v) is 7.64. The Bertz CT molecular complexity index is 919. The molecule has 120 valence electrons. The topological polar surface area (TPSA) is 69.8 Å². The van der Waals surface area contributed by atoms with E-state index in [1.54, 1.807) is 24.5 Å². The van der Waals surface area contributed by atoms with Crippen LogP contribution in [0.2, 0.25) is 0 Å². The zero-order valence-corrected chi connectivity index (χ0v) is 12.8. The standard InChI is InChI=1S/C18H15FN4O/c19-12-4-1-5-13(7-12)23-18(24)14-9-22-15-10-20-8-11-3-2-6-21-17(11)16(14)15/h1-7,9,20,22H,8,10H2,(H,23,24). The van der Waals surface area contributed by atoms with E-state index in [0.29, 0.717) is 24.3 Å². The molecule has 3 aromatic rings. The molecule has 24 heavy (non-hydrogen) atoms. The summed E-state index contributed by atoms with van der Waals surface area (Å²) in [6.07, 6.45) is 3.39. The Labute approximate surface area is 137 Å². The number of carbonyl (C=O) groups excluding carboxylic acids is 1. The highest BCUT2D eigenvalue weighted by Gasteiger charge is 2.23. The van der Waals surface area contributed by atoms with Crippen LogP contribution in [0.25, 0.3) is 11.3 Å². The number of carbonyl (C=O) groups is 1. The minimum atomic E-state index is -0.392. The molecule has 1 aromatic carbocycles. The summed E-state index contributed by atoms with van der Waals surface area (Å²) in [5.41, 5.74) is 4.46. The van der Waals surface area contributed by atoms with E-state index < -0.39 is 5.82 Å². The van der Waals surface area contributed by atoms with Gasteiger partial charge in [-0.1, -0.05) is 12.1 Å². The number of aromatic amines is 1. The van der Waals surface area contributed by atoms with Gasteiger partial charge in [0.2, 0.25) is 0 Å². The first-order valence-electron chi connectivity index (χ1n) is 7.64. The molecule has 0 fully saturated rings. The summed E-state index contributed by atoms with van der Waals surface area (Å²) in [6.45, 7) is 1.32. The lowest BCUT2D eigenvalue weighted by atomic mass is 10.0. The molecule has 0 spiro atoms. The van der Waals surface area contributed by atoms with Crippen molar-refractivity contribution in [3.63, 3.8) is 0 Å². The average molecular weight is 322 g/mol. The second-order valence-corrected chi connectivity index (χ2v) is 5.64.